The molecule has 0 bridgehead atoms. The van der Waals surface area contributed by atoms with Crippen molar-refractivity contribution < 1.29 is 73.4 Å². The number of nitrogens with two attached hydrogens (primary N) is 2. The number of carbonyl (C=O) groups is 4. The van der Waals surface area contributed by atoms with Crippen molar-refractivity contribution in [2.24, 2.45) is 11.7 Å². The maximum atomic E-state index is 12.7. The van der Waals surface area contributed by atoms with Crippen molar-refractivity contribution in [2.75, 3.05) is 5.43 Å². The predicted octanol–water partition coefficient (Wildman–Crippen LogP) is 6.70. The first-order chi connectivity index (χ1) is 30.6. The molecule has 7 N–H and O–H groups in total. The Bertz CT molecular complexity index is 2440. The molecule has 2 aliphatic heterocycles. The number of halogens is 11. The summed E-state index contributed by atoms with van der Waals surface area (Å²) < 4.78 is 115. The van der Waals surface area contributed by atoms with Gasteiger partial charge in [-0.25, -0.2) is 24.8 Å². The first-order valence-corrected chi connectivity index (χ1v) is 21.5. The van der Waals surface area contributed by atoms with Gasteiger partial charge in [0.15, 0.2) is 19.5 Å². The minimum Gasteiger partial charge on any atom is -0.386 e. The van der Waals surface area contributed by atoms with Gasteiger partial charge in [-0.3, -0.25) is 31.9 Å². The van der Waals surface area contributed by atoms with Gasteiger partial charge in [-0.05, 0) is 69.6 Å². The number of anilines is 1. The molecule has 0 atom stereocenters. The van der Waals surface area contributed by atoms with Gasteiger partial charge >= 0.3 is 35.6 Å². The van der Waals surface area contributed by atoms with Crippen LogP contribution in [0.4, 0.5) is 45.3 Å². The van der Waals surface area contributed by atoms with Crippen LogP contribution in [0.3, 0.4) is 0 Å². The summed E-state index contributed by atoms with van der Waals surface area (Å²) in [4.78, 5) is 65.4. The molecule has 19 nitrogen and oxygen atoms in total. The fourth-order valence-electron chi connectivity index (χ4n) is 3.73. The summed E-state index contributed by atoms with van der Waals surface area (Å²) in [5.74, 6) is 6.26. The Balaban J connectivity index is 0. The number of pyridine rings is 3. The number of rotatable bonds is 2. The van der Waals surface area contributed by atoms with E-state index in [0.717, 1.165) is 30.3 Å². The molecule has 31 heteroatoms. The average molecular weight is 1020 g/mol. The summed E-state index contributed by atoms with van der Waals surface area (Å²) in [6.45, 7) is 12.1. The maximum absolute atomic E-state index is 12.7. The summed E-state index contributed by atoms with van der Waals surface area (Å²) >= 11 is 10.6. The van der Waals surface area contributed by atoms with Crippen molar-refractivity contribution in [1.29, 1.82) is 15.8 Å². The molecule has 67 heavy (non-hydrogen) atoms. The number of hydrazine groups is 3. The number of ether oxygens (including phenoxy) is 1. The fourth-order valence-corrected chi connectivity index (χ4v) is 3.99. The molecule has 5 heterocycles. The lowest BCUT2D eigenvalue weighted by Crippen LogP contribution is -2.37. The fraction of sp³-hybridized carbons (Fsp3) is 0.278. The van der Waals surface area contributed by atoms with E-state index in [1.807, 2.05) is 19.6 Å². The summed E-state index contributed by atoms with van der Waals surface area (Å²) in [6.07, 6.45) is -13.2. The number of hydrogen-bond donors (Lipinski definition) is 5. The molecule has 2 amide bonds. The number of aromatic nitrogens is 3. The largest absolute Gasteiger partial charge is 0.422 e. The number of cyclic esters (lactones) is 2. The van der Waals surface area contributed by atoms with E-state index in [0.29, 0.717) is 28.4 Å². The van der Waals surface area contributed by atoms with Crippen LogP contribution in [-0.4, -0.2) is 52.0 Å². The highest BCUT2D eigenvalue weighted by atomic mass is 35.5. The van der Waals surface area contributed by atoms with Gasteiger partial charge in [0.05, 0.1) is 11.1 Å². The topological polar surface area (TPSA) is 312 Å². The summed E-state index contributed by atoms with van der Waals surface area (Å²) in [5, 5.41) is 34.4. The van der Waals surface area contributed by atoms with Crippen LogP contribution in [0.1, 0.15) is 55.8 Å². The van der Waals surface area contributed by atoms with Crippen LogP contribution in [-0.2, 0) is 42.4 Å². The summed E-state index contributed by atoms with van der Waals surface area (Å²) in [5.41, 5.74) is 2.83. The van der Waals surface area contributed by atoms with Crippen LogP contribution < -0.4 is 27.4 Å². The highest BCUT2D eigenvalue weighted by molar-refractivity contribution is 6.83. The first-order valence-electron chi connectivity index (χ1n) is 17.2. The lowest BCUT2D eigenvalue weighted by atomic mass is 10.2. The minimum absolute atomic E-state index is 0.135. The molecule has 0 unspecified atom stereocenters. The van der Waals surface area contributed by atoms with Gasteiger partial charge in [-0.2, -0.15) is 60.6 Å². The average Bonchev–Trinajstić information content (AvgIpc) is 3.57. The smallest absolute Gasteiger partial charge is 0.386 e. The number of alkyl halides is 9. The third kappa shape index (κ3) is 20.3. The second-order valence-electron chi connectivity index (χ2n) is 13.2. The van der Waals surface area contributed by atoms with Crippen molar-refractivity contribution in [1.82, 2.24) is 20.5 Å². The first kappa shape index (κ1) is 62.0. The van der Waals surface area contributed by atoms with Gasteiger partial charge in [0, 0.05) is 48.7 Å². The second-order valence-corrected chi connectivity index (χ2v) is 18.7. The minimum atomic E-state index is -4.72. The maximum Gasteiger partial charge on any atom is 0.422 e. The SMILES string of the molecule is CC1=C(C)C(=O)N(Nc2ccc(C(F)(F)F)c(C#N)n2)C1=O.CC1=C(C)C(=O)OC1=O.C[Si](C)(C)C#N.N#Cc1nc(Cl)ccc1C(F)(F)F.NNN.O=O.O[n+]1cc(C(F)(F)F)ccc1Cl. The third-order valence-electron chi connectivity index (χ3n) is 7.32. The molecular formula is C36H35Cl2F9N11O8Si+. The molecule has 5 rings (SSSR count). The van der Waals surface area contributed by atoms with Gasteiger partial charge in [-0.1, -0.05) is 31.2 Å². The van der Waals surface area contributed by atoms with Crippen LogP contribution in [0.5, 0.6) is 0 Å². The number of amides is 2. The van der Waals surface area contributed by atoms with Crippen LogP contribution in [0.25, 0.3) is 0 Å². The lowest BCUT2D eigenvalue weighted by molar-refractivity contribution is -0.903. The summed E-state index contributed by atoms with van der Waals surface area (Å²) in [6, 6.07) is 7.73. The van der Waals surface area contributed by atoms with Gasteiger partial charge in [0.2, 0.25) is 6.20 Å². The van der Waals surface area contributed by atoms with E-state index < -0.39 is 78.4 Å². The van der Waals surface area contributed by atoms with Crippen molar-refractivity contribution in [2.45, 2.75) is 65.9 Å². The predicted molar refractivity (Wildman–Crippen MR) is 217 cm³/mol. The molecule has 3 aromatic heterocycles. The molecule has 0 aromatic carbocycles. The van der Waals surface area contributed by atoms with Crippen molar-refractivity contribution >= 4 is 60.8 Å². The molecule has 0 radical (unpaired) electrons. The van der Waals surface area contributed by atoms with Crippen molar-refractivity contribution in [3.8, 4) is 17.8 Å². The van der Waals surface area contributed by atoms with Crippen LogP contribution >= 0.6 is 23.2 Å². The van der Waals surface area contributed by atoms with Crippen LogP contribution in [0, 0.1) is 43.5 Å². The Morgan fingerprint density at radius 3 is 1.40 bits per heavy atom. The molecule has 0 fully saturated rings. The highest BCUT2D eigenvalue weighted by Gasteiger charge is 2.37. The number of hydrogen-bond acceptors (Lipinski definition) is 17. The van der Waals surface area contributed by atoms with E-state index >= 15 is 0 Å². The zero-order chi connectivity index (χ0) is 53.0. The Hall–Kier alpha value is -7.07. The van der Waals surface area contributed by atoms with Crippen LogP contribution in [0.2, 0.25) is 29.9 Å². The highest BCUT2D eigenvalue weighted by Crippen LogP contribution is 2.33. The normalized spacial score (nSPS) is 13.1. The molecule has 362 valence electrons. The monoisotopic (exact) mass is 1020 g/mol. The van der Waals surface area contributed by atoms with Gasteiger partial charge in [0.1, 0.15) is 28.7 Å². The third-order valence-corrected chi connectivity index (χ3v) is 8.50. The van der Waals surface area contributed by atoms with E-state index in [2.05, 4.69) is 37.5 Å². The Morgan fingerprint density at radius 1 is 0.701 bits per heavy atom. The molecule has 2 aliphatic rings. The number of nitrogens with one attached hydrogen (secondary N) is 2. The summed E-state index contributed by atoms with van der Waals surface area (Å²) in [7, 11) is -1.33. The quantitative estimate of drug-likeness (QED) is 0.0170. The van der Waals surface area contributed by atoms with E-state index in [1.54, 1.807) is 19.4 Å². The van der Waals surface area contributed by atoms with Crippen LogP contribution in [0.15, 0.2) is 64.9 Å². The number of esters is 2. The Morgan fingerprint density at radius 2 is 1.09 bits per heavy atom. The van der Waals surface area contributed by atoms with Crippen molar-refractivity contribution in [3.63, 3.8) is 0 Å². The van der Waals surface area contributed by atoms with E-state index in [-0.39, 0.29) is 32.0 Å². The molecule has 0 saturated heterocycles. The number of nitrogens with zero attached hydrogens (tertiary/aromatic N) is 7. The zero-order valence-corrected chi connectivity index (χ0v) is 37.8. The van der Waals surface area contributed by atoms with Crippen molar-refractivity contribution in [3.05, 3.63) is 113 Å². The number of imide groups is 1. The standard InChI is InChI=1S/C13H9F3N4O2.C7H2ClF3N2.C6H4ClF3NO.C6H6O3.C4H9NSi.H5N3.O2/c1-6-7(2)12(22)20(11(6)21)19-10-4-3-8(13(14,15)16)9(5-17)18-10;8-6-2-1-4(7(9,10)11)5(3-12)13-6;7-5-2-1-4(3-11(5)12)6(8,9)10;1-3-4(2)6(8)9-5(3)7;1-6(2,3)4-5;1-3-2;1-2/h3-4H,1-2H3,(H,18,19);1-2H;1-3,12H;1-2H3;1-3H3;3H,1-2H2;/q;;+1;;;;. The number of carbonyl (C=O) groups excluding carboxylic acids is 4. The van der Waals surface area contributed by atoms with E-state index in [9.17, 15) is 58.7 Å². The molecule has 0 aliphatic carbocycles. The second kappa shape index (κ2) is 26.8. The zero-order valence-electron chi connectivity index (χ0n) is 35.3. The Kier molecular flexibility index (Phi) is 24.8. The molecular weight excluding hydrogens is 984 g/mol. The molecule has 0 spiro atoms. The molecule has 0 saturated carbocycles. The lowest BCUT2D eigenvalue weighted by Gasteiger charge is -2.17. The van der Waals surface area contributed by atoms with E-state index in [4.69, 9.17) is 54.1 Å². The van der Waals surface area contributed by atoms with Gasteiger partial charge in [0.25, 0.3) is 11.8 Å². The Labute approximate surface area is 383 Å². The molecule has 3 aromatic rings. The number of nitriles is 3. The van der Waals surface area contributed by atoms with E-state index in [1.165, 1.54) is 26.0 Å². The van der Waals surface area contributed by atoms with Gasteiger partial charge in [-0.15, -0.1) is 0 Å². The van der Waals surface area contributed by atoms with Gasteiger partial charge < -0.3 is 4.74 Å².